The van der Waals surface area contributed by atoms with Crippen LogP contribution in [0.5, 0.6) is 11.5 Å². The summed E-state index contributed by atoms with van der Waals surface area (Å²) in [6.45, 7) is 3.15. The van der Waals surface area contributed by atoms with E-state index in [0.717, 1.165) is 12.1 Å². The van der Waals surface area contributed by atoms with Gasteiger partial charge in [-0.15, -0.1) is 0 Å². The number of aryl methyl sites for hydroxylation is 2. The van der Waals surface area contributed by atoms with Gasteiger partial charge in [-0.2, -0.15) is 8.42 Å². The molecule has 0 aliphatic carbocycles. The molecule has 0 atom stereocenters. The molecule has 0 aliphatic rings. The van der Waals surface area contributed by atoms with E-state index in [-0.39, 0.29) is 22.1 Å². The minimum absolute atomic E-state index is 0.0225. The first-order valence-electron chi connectivity index (χ1n) is 6.20. The van der Waals surface area contributed by atoms with Gasteiger partial charge in [-0.3, -0.25) is 10.1 Å². The molecule has 0 spiro atoms. The minimum atomic E-state index is -4.09. The number of hydrogen-bond acceptors (Lipinski definition) is 6. The second-order valence-electron chi connectivity index (χ2n) is 4.69. The Balaban J connectivity index is 2.33. The van der Waals surface area contributed by atoms with Crippen molar-refractivity contribution in [1.82, 2.24) is 0 Å². The molecule has 116 valence electrons. The fraction of sp³-hybridized carbons (Fsp3) is 0.143. The van der Waals surface area contributed by atoms with Crippen LogP contribution in [-0.2, 0) is 10.1 Å². The summed E-state index contributed by atoms with van der Waals surface area (Å²) in [4.78, 5) is 9.86. The van der Waals surface area contributed by atoms with Crippen LogP contribution in [0, 0.1) is 24.0 Å². The Bertz CT molecular complexity index is 804. The average molecular weight is 323 g/mol. The molecule has 0 bridgehead atoms. The number of nitro benzene ring substituents is 1. The van der Waals surface area contributed by atoms with Crippen molar-refractivity contribution in [3.05, 3.63) is 57.6 Å². The van der Waals surface area contributed by atoms with Gasteiger partial charge in [0.1, 0.15) is 16.4 Å². The lowest BCUT2D eigenvalue weighted by atomic mass is 10.1. The highest BCUT2D eigenvalue weighted by molar-refractivity contribution is 7.87. The van der Waals surface area contributed by atoms with E-state index in [0.29, 0.717) is 11.1 Å². The molecule has 0 fully saturated rings. The van der Waals surface area contributed by atoms with Crippen LogP contribution in [0.2, 0.25) is 0 Å². The molecule has 1 N–H and O–H groups in total. The molecule has 2 aromatic rings. The predicted octanol–water partition coefficient (Wildman–Crippen LogP) is 2.68. The molecule has 0 aliphatic heterocycles. The highest BCUT2D eigenvalue weighted by Crippen LogP contribution is 2.27. The topological polar surface area (TPSA) is 107 Å². The molecule has 8 heteroatoms. The van der Waals surface area contributed by atoms with Gasteiger partial charge in [0.05, 0.1) is 4.92 Å². The maximum atomic E-state index is 12.2. The second kappa shape index (κ2) is 5.64. The van der Waals surface area contributed by atoms with Crippen LogP contribution in [0.15, 0.2) is 41.3 Å². The van der Waals surface area contributed by atoms with Gasteiger partial charge in [-0.05, 0) is 49.2 Å². The van der Waals surface area contributed by atoms with E-state index in [1.165, 1.54) is 24.3 Å². The summed E-state index contributed by atoms with van der Waals surface area (Å²) < 4.78 is 29.3. The lowest BCUT2D eigenvalue weighted by Crippen LogP contribution is -2.10. The summed E-state index contributed by atoms with van der Waals surface area (Å²) in [5.41, 5.74) is 0.651. The summed E-state index contributed by atoms with van der Waals surface area (Å²) in [7, 11) is -4.09. The van der Waals surface area contributed by atoms with Crippen molar-refractivity contribution in [3.8, 4) is 11.5 Å². The van der Waals surface area contributed by atoms with Crippen molar-refractivity contribution < 1.29 is 22.6 Å². The highest BCUT2D eigenvalue weighted by Gasteiger charge is 2.19. The average Bonchev–Trinajstić information content (AvgIpc) is 2.44. The van der Waals surface area contributed by atoms with E-state index in [1.807, 2.05) is 0 Å². The van der Waals surface area contributed by atoms with Crippen molar-refractivity contribution in [1.29, 1.82) is 0 Å². The number of benzene rings is 2. The summed E-state index contributed by atoms with van der Waals surface area (Å²) >= 11 is 0. The third kappa shape index (κ3) is 3.17. The molecular formula is C14H13NO6S. The molecule has 0 saturated carbocycles. The minimum Gasteiger partial charge on any atom is -0.507 e. The normalized spacial score (nSPS) is 11.2. The second-order valence-corrected chi connectivity index (χ2v) is 6.24. The first-order chi connectivity index (χ1) is 10.2. The highest BCUT2D eigenvalue weighted by atomic mass is 32.2. The van der Waals surface area contributed by atoms with Crippen LogP contribution in [0.3, 0.4) is 0 Å². The number of rotatable bonds is 4. The fourth-order valence-electron chi connectivity index (χ4n) is 1.86. The van der Waals surface area contributed by atoms with Gasteiger partial charge in [0.25, 0.3) is 5.69 Å². The zero-order valence-electron chi connectivity index (χ0n) is 11.8. The van der Waals surface area contributed by atoms with E-state index >= 15 is 0 Å². The lowest BCUT2D eigenvalue weighted by Gasteiger charge is -2.10. The van der Waals surface area contributed by atoms with Crippen molar-refractivity contribution in [2.75, 3.05) is 0 Å². The van der Waals surface area contributed by atoms with Crippen LogP contribution in [0.25, 0.3) is 0 Å². The summed E-state index contributed by atoms with van der Waals surface area (Å²) in [6.07, 6.45) is 0. The molecule has 2 aromatic carbocycles. The van der Waals surface area contributed by atoms with E-state index in [2.05, 4.69) is 0 Å². The van der Waals surface area contributed by atoms with Crippen LogP contribution in [0.1, 0.15) is 11.1 Å². The smallest absolute Gasteiger partial charge is 0.339 e. The van der Waals surface area contributed by atoms with E-state index in [1.54, 1.807) is 13.8 Å². The Morgan fingerprint density at radius 3 is 2.05 bits per heavy atom. The molecule has 0 heterocycles. The molecule has 0 aromatic heterocycles. The Kier molecular flexibility index (Phi) is 4.05. The van der Waals surface area contributed by atoms with E-state index < -0.39 is 15.0 Å². The van der Waals surface area contributed by atoms with Crippen molar-refractivity contribution in [2.24, 2.45) is 0 Å². The quantitative estimate of drug-likeness (QED) is 0.526. The molecular weight excluding hydrogens is 310 g/mol. The maximum Gasteiger partial charge on any atom is 0.339 e. The van der Waals surface area contributed by atoms with Crippen LogP contribution >= 0.6 is 0 Å². The predicted molar refractivity (Wildman–Crippen MR) is 78.5 cm³/mol. The largest absolute Gasteiger partial charge is 0.507 e. The molecule has 0 unspecified atom stereocenters. The van der Waals surface area contributed by atoms with Gasteiger partial charge >= 0.3 is 10.1 Å². The third-order valence-electron chi connectivity index (χ3n) is 3.01. The Morgan fingerprint density at radius 2 is 1.59 bits per heavy atom. The summed E-state index contributed by atoms with van der Waals surface area (Å²) in [5, 5.41) is 20.2. The van der Waals surface area contributed by atoms with Gasteiger partial charge in [0.15, 0.2) is 0 Å². The Morgan fingerprint density at radius 1 is 1.09 bits per heavy atom. The fourth-order valence-corrected chi connectivity index (χ4v) is 2.96. The number of hydrogen-bond donors (Lipinski definition) is 1. The number of aromatic hydroxyl groups is 1. The van der Waals surface area contributed by atoms with Gasteiger partial charge in [0.2, 0.25) is 0 Å². The number of nitrogens with zero attached hydrogens (tertiary/aromatic N) is 1. The van der Waals surface area contributed by atoms with Crippen molar-refractivity contribution in [3.63, 3.8) is 0 Å². The van der Waals surface area contributed by atoms with Gasteiger partial charge in [-0.1, -0.05) is 0 Å². The van der Waals surface area contributed by atoms with Crippen LogP contribution in [-0.4, -0.2) is 18.4 Å². The van der Waals surface area contributed by atoms with Gasteiger partial charge in [0, 0.05) is 12.1 Å². The number of phenolic OH excluding ortho intramolecular Hbond substituents is 1. The number of phenols is 1. The Hall–Kier alpha value is -2.61. The zero-order valence-corrected chi connectivity index (χ0v) is 12.6. The molecule has 0 radical (unpaired) electrons. The molecule has 7 nitrogen and oxygen atoms in total. The van der Waals surface area contributed by atoms with Crippen LogP contribution < -0.4 is 4.18 Å². The zero-order chi connectivity index (χ0) is 16.5. The number of nitro groups is 1. The molecule has 2 rings (SSSR count). The number of non-ortho nitro benzene ring substituents is 1. The standard InChI is InChI=1S/C14H13NO6S/c1-9-7-13(8-10(2)14(9)16)22(19,20)21-12-5-3-11(4-6-12)15(17)18/h3-8,16H,1-2H3. The van der Waals surface area contributed by atoms with E-state index in [4.69, 9.17) is 4.18 Å². The molecule has 0 saturated heterocycles. The lowest BCUT2D eigenvalue weighted by molar-refractivity contribution is -0.384. The summed E-state index contributed by atoms with van der Waals surface area (Å²) in [6, 6.07) is 7.30. The first-order valence-corrected chi connectivity index (χ1v) is 7.60. The van der Waals surface area contributed by atoms with Crippen molar-refractivity contribution in [2.45, 2.75) is 18.7 Å². The maximum absolute atomic E-state index is 12.2. The van der Waals surface area contributed by atoms with Crippen molar-refractivity contribution >= 4 is 15.8 Å². The van der Waals surface area contributed by atoms with Gasteiger partial charge < -0.3 is 9.29 Å². The third-order valence-corrected chi connectivity index (χ3v) is 4.23. The molecule has 22 heavy (non-hydrogen) atoms. The van der Waals surface area contributed by atoms with Gasteiger partial charge in [-0.25, -0.2) is 0 Å². The summed E-state index contributed by atoms with van der Waals surface area (Å²) in [5.74, 6) is -0.0109. The SMILES string of the molecule is Cc1cc(S(=O)(=O)Oc2ccc([N+](=O)[O-])cc2)cc(C)c1O. The Labute approximate surface area is 127 Å². The van der Waals surface area contributed by atoms with E-state index in [9.17, 15) is 23.6 Å². The van der Waals surface area contributed by atoms with Crippen LogP contribution in [0.4, 0.5) is 5.69 Å². The first kappa shape index (κ1) is 15.8. The molecule has 0 amide bonds. The monoisotopic (exact) mass is 323 g/mol.